The van der Waals surface area contributed by atoms with Crippen LogP contribution < -0.4 is 4.90 Å². The topological polar surface area (TPSA) is 64.1 Å². The highest BCUT2D eigenvalue weighted by Gasteiger charge is 2.43. The first kappa shape index (κ1) is 22.5. The molecule has 168 valence electrons. The summed E-state index contributed by atoms with van der Waals surface area (Å²) in [5.41, 5.74) is 3.71. The minimum Gasteiger partial charge on any atom is -0.395 e. The highest BCUT2D eigenvalue weighted by molar-refractivity contribution is 6.45. The third-order valence-electron chi connectivity index (χ3n) is 6.12. The predicted molar refractivity (Wildman–Crippen MR) is 122 cm³/mol. The number of carbonyl (C=O) groups is 2. The van der Waals surface area contributed by atoms with Gasteiger partial charge in [-0.3, -0.25) is 14.5 Å². The largest absolute Gasteiger partial charge is 0.395 e. The van der Waals surface area contributed by atoms with Gasteiger partial charge in [0, 0.05) is 32.7 Å². The van der Waals surface area contributed by atoms with E-state index in [0.717, 1.165) is 22.1 Å². The zero-order valence-corrected chi connectivity index (χ0v) is 18.8. The van der Waals surface area contributed by atoms with Crippen LogP contribution in [0, 0.1) is 19.7 Å². The number of imide groups is 1. The van der Waals surface area contributed by atoms with E-state index in [4.69, 9.17) is 11.6 Å². The van der Waals surface area contributed by atoms with Crippen molar-refractivity contribution in [3.8, 4) is 0 Å². The number of carbonyl (C=O) groups excluding carboxylic acids is 2. The molecular formula is C24H25ClFN3O3. The summed E-state index contributed by atoms with van der Waals surface area (Å²) in [6, 6.07) is 9.54. The van der Waals surface area contributed by atoms with Crippen molar-refractivity contribution in [2.24, 2.45) is 0 Å². The first-order chi connectivity index (χ1) is 15.3. The van der Waals surface area contributed by atoms with Crippen molar-refractivity contribution >= 4 is 34.7 Å². The molecule has 0 unspecified atom stereocenters. The van der Waals surface area contributed by atoms with Gasteiger partial charge in [0.1, 0.15) is 11.5 Å². The lowest BCUT2D eigenvalue weighted by Crippen LogP contribution is -2.48. The molecular weight excluding hydrogens is 433 g/mol. The van der Waals surface area contributed by atoms with E-state index in [0.29, 0.717) is 49.6 Å². The Morgan fingerprint density at radius 2 is 1.69 bits per heavy atom. The summed E-state index contributed by atoms with van der Waals surface area (Å²) in [5, 5.41) is 9.06. The molecule has 1 N–H and O–H groups in total. The molecule has 32 heavy (non-hydrogen) atoms. The molecule has 0 spiro atoms. The predicted octanol–water partition coefficient (Wildman–Crippen LogP) is 2.99. The number of anilines is 1. The first-order valence-corrected chi connectivity index (χ1v) is 10.9. The number of aliphatic hydroxyl groups is 1. The third-order valence-corrected chi connectivity index (χ3v) is 6.41. The number of piperazine rings is 1. The standard InChI is InChI=1S/C24H25ClFN3O3/c1-15-3-4-17(13-16(15)2)21-22(28-9-7-27(8-10-28)11-12-30)24(32)29(23(21)31)18-5-6-20(26)19(25)14-18/h3-6,13-14,30H,7-12H2,1-2H3. The fourth-order valence-corrected chi connectivity index (χ4v) is 4.34. The SMILES string of the molecule is Cc1ccc(C2=C(N3CCN(CCO)CC3)C(=O)N(c3ccc(F)c(Cl)c3)C2=O)cc1C. The van der Waals surface area contributed by atoms with Crippen molar-refractivity contribution in [1.29, 1.82) is 0 Å². The summed E-state index contributed by atoms with van der Waals surface area (Å²) in [6.45, 7) is 7.06. The number of amides is 2. The molecule has 0 aromatic heterocycles. The monoisotopic (exact) mass is 457 g/mol. The number of aliphatic hydroxyl groups excluding tert-OH is 1. The Hall–Kier alpha value is -2.74. The summed E-state index contributed by atoms with van der Waals surface area (Å²) in [5.74, 6) is -1.51. The van der Waals surface area contributed by atoms with Gasteiger partial charge in [-0.1, -0.05) is 29.8 Å². The van der Waals surface area contributed by atoms with Gasteiger partial charge in [0.15, 0.2) is 0 Å². The Balaban J connectivity index is 1.77. The van der Waals surface area contributed by atoms with Crippen LogP contribution >= 0.6 is 11.6 Å². The molecule has 0 aliphatic carbocycles. The lowest BCUT2D eigenvalue weighted by molar-refractivity contribution is -0.120. The molecule has 2 aliphatic heterocycles. The number of hydrogen-bond acceptors (Lipinski definition) is 5. The van der Waals surface area contributed by atoms with Crippen molar-refractivity contribution in [3.05, 3.63) is 69.6 Å². The highest BCUT2D eigenvalue weighted by Crippen LogP contribution is 2.36. The lowest BCUT2D eigenvalue weighted by Gasteiger charge is -2.36. The number of β-amino-alcohol motifs (C(OH)–C–C–N with tert-alkyl or cyclic N) is 1. The van der Waals surface area contributed by atoms with Crippen LogP contribution in [0.1, 0.15) is 16.7 Å². The van der Waals surface area contributed by atoms with Crippen molar-refractivity contribution < 1.29 is 19.1 Å². The van der Waals surface area contributed by atoms with E-state index >= 15 is 0 Å². The minimum absolute atomic E-state index is 0.0765. The fourth-order valence-electron chi connectivity index (χ4n) is 4.16. The van der Waals surface area contributed by atoms with Crippen LogP contribution in [0.2, 0.25) is 5.02 Å². The van der Waals surface area contributed by atoms with E-state index in [9.17, 15) is 19.1 Å². The molecule has 0 bridgehead atoms. The van der Waals surface area contributed by atoms with Crippen LogP contribution in [0.5, 0.6) is 0 Å². The highest BCUT2D eigenvalue weighted by atomic mass is 35.5. The van der Waals surface area contributed by atoms with E-state index < -0.39 is 17.6 Å². The van der Waals surface area contributed by atoms with Crippen LogP contribution in [0.25, 0.3) is 5.57 Å². The second-order valence-corrected chi connectivity index (χ2v) is 8.53. The van der Waals surface area contributed by atoms with Gasteiger partial charge in [0.2, 0.25) is 0 Å². The Bertz CT molecular complexity index is 1110. The van der Waals surface area contributed by atoms with Gasteiger partial charge in [-0.15, -0.1) is 0 Å². The van der Waals surface area contributed by atoms with Crippen molar-refractivity contribution in [2.45, 2.75) is 13.8 Å². The average Bonchev–Trinajstić information content (AvgIpc) is 3.03. The zero-order chi connectivity index (χ0) is 23.0. The molecule has 0 atom stereocenters. The van der Waals surface area contributed by atoms with Gasteiger partial charge in [-0.05, 0) is 48.7 Å². The molecule has 2 amide bonds. The molecule has 6 nitrogen and oxygen atoms in total. The zero-order valence-electron chi connectivity index (χ0n) is 18.1. The Morgan fingerprint density at radius 3 is 2.31 bits per heavy atom. The molecule has 1 fully saturated rings. The summed E-state index contributed by atoms with van der Waals surface area (Å²) in [6.07, 6.45) is 0. The number of nitrogens with zero attached hydrogens (tertiary/aromatic N) is 3. The summed E-state index contributed by atoms with van der Waals surface area (Å²) in [4.78, 5) is 32.3. The number of halogens is 2. The quantitative estimate of drug-likeness (QED) is 0.699. The van der Waals surface area contributed by atoms with Crippen LogP contribution in [-0.4, -0.2) is 66.1 Å². The normalized spacial score (nSPS) is 17.7. The molecule has 0 saturated carbocycles. The van der Waals surface area contributed by atoms with Gasteiger partial charge in [0.25, 0.3) is 11.8 Å². The average molecular weight is 458 g/mol. The second kappa shape index (κ2) is 9.02. The van der Waals surface area contributed by atoms with E-state index in [1.165, 1.54) is 12.1 Å². The Kier molecular flexibility index (Phi) is 6.33. The molecule has 2 aromatic rings. The molecule has 2 heterocycles. The number of aryl methyl sites for hydroxylation is 2. The molecule has 2 aliphatic rings. The maximum Gasteiger partial charge on any atom is 0.282 e. The minimum atomic E-state index is -0.614. The molecule has 4 rings (SSSR count). The number of benzene rings is 2. The molecule has 2 aromatic carbocycles. The van der Waals surface area contributed by atoms with Gasteiger partial charge in [-0.25, -0.2) is 9.29 Å². The maximum atomic E-state index is 13.7. The van der Waals surface area contributed by atoms with Gasteiger partial charge < -0.3 is 10.0 Å². The van der Waals surface area contributed by atoms with Crippen molar-refractivity contribution in [1.82, 2.24) is 9.80 Å². The van der Waals surface area contributed by atoms with E-state index in [2.05, 4.69) is 4.90 Å². The van der Waals surface area contributed by atoms with Crippen LogP contribution in [0.15, 0.2) is 42.1 Å². The van der Waals surface area contributed by atoms with Gasteiger partial charge in [0.05, 0.1) is 22.9 Å². The summed E-state index contributed by atoms with van der Waals surface area (Å²) >= 11 is 5.94. The van der Waals surface area contributed by atoms with Crippen LogP contribution in [0.3, 0.4) is 0 Å². The Labute approximate surface area is 191 Å². The van der Waals surface area contributed by atoms with Crippen LogP contribution in [0.4, 0.5) is 10.1 Å². The van der Waals surface area contributed by atoms with Crippen molar-refractivity contribution in [2.75, 3.05) is 44.2 Å². The first-order valence-electron chi connectivity index (χ1n) is 10.6. The van der Waals surface area contributed by atoms with Gasteiger partial charge >= 0.3 is 0 Å². The second-order valence-electron chi connectivity index (χ2n) is 8.12. The lowest BCUT2D eigenvalue weighted by atomic mass is 9.99. The summed E-state index contributed by atoms with van der Waals surface area (Å²) in [7, 11) is 0. The van der Waals surface area contributed by atoms with Gasteiger partial charge in [-0.2, -0.15) is 0 Å². The third kappa shape index (κ3) is 4.03. The Morgan fingerprint density at radius 1 is 0.969 bits per heavy atom. The van der Waals surface area contributed by atoms with Crippen LogP contribution in [-0.2, 0) is 9.59 Å². The smallest absolute Gasteiger partial charge is 0.282 e. The summed E-state index contributed by atoms with van der Waals surface area (Å²) < 4.78 is 13.7. The molecule has 0 radical (unpaired) electrons. The number of hydrogen-bond donors (Lipinski definition) is 1. The number of rotatable bonds is 5. The fraction of sp³-hybridized carbons (Fsp3) is 0.333. The van der Waals surface area contributed by atoms with E-state index in [-0.39, 0.29) is 17.3 Å². The van der Waals surface area contributed by atoms with E-state index in [1.54, 1.807) is 0 Å². The molecule has 8 heteroatoms. The van der Waals surface area contributed by atoms with Crippen molar-refractivity contribution in [3.63, 3.8) is 0 Å². The van der Waals surface area contributed by atoms with E-state index in [1.807, 2.05) is 36.9 Å². The maximum absolute atomic E-state index is 13.7. The molecule has 1 saturated heterocycles.